The van der Waals surface area contributed by atoms with Crippen molar-refractivity contribution < 1.29 is 4.74 Å². The lowest BCUT2D eigenvalue weighted by Gasteiger charge is -2.47. The predicted molar refractivity (Wildman–Crippen MR) is 86.8 cm³/mol. The average molecular weight is 288 g/mol. The summed E-state index contributed by atoms with van der Waals surface area (Å²) < 4.78 is 5.94. The fourth-order valence-electron chi connectivity index (χ4n) is 3.58. The molecule has 1 aliphatic heterocycles. The van der Waals surface area contributed by atoms with Crippen molar-refractivity contribution in [2.45, 2.75) is 57.2 Å². The first-order chi connectivity index (χ1) is 9.90. The van der Waals surface area contributed by atoms with Crippen molar-refractivity contribution in [1.29, 1.82) is 0 Å². The van der Waals surface area contributed by atoms with E-state index in [1.165, 1.54) is 30.4 Å². The molecule has 3 nitrogen and oxygen atoms in total. The summed E-state index contributed by atoms with van der Waals surface area (Å²) in [5.41, 5.74) is 3.06. The van der Waals surface area contributed by atoms with Crippen LogP contribution in [0.15, 0.2) is 18.2 Å². The smallest absolute Gasteiger partial charge is 0.123 e. The molecular formula is C18H28N2O. The van der Waals surface area contributed by atoms with Crippen LogP contribution in [-0.2, 0) is 13.0 Å². The van der Waals surface area contributed by atoms with E-state index < -0.39 is 0 Å². The van der Waals surface area contributed by atoms with E-state index in [1.807, 2.05) is 0 Å². The molecule has 1 saturated carbocycles. The first-order valence-corrected chi connectivity index (χ1v) is 8.09. The molecule has 0 saturated heterocycles. The topological polar surface area (TPSA) is 24.5 Å². The molecule has 1 aromatic carbocycles. The molecule has 1 aliphatic carbocycles. The van der Waals surface area contributed by atoms with Gasteiger partial charge in [0.05, 0.1) is 0 Å². The van der Waals surface area contributed by atoms with Crippen molar-refractivity contribution in [2.24, 2.45) is 0 Å². The summed E-state index contributed by atoms with van der Waals surface area (Å²) in [7, 11) is 4.41. The highest BCUT2D eigenvalue weighted by molar-refractivity contribution is 5.41. The number of likely N-dealkylation sites (N-methyl/N-ethyl adjacent to an activating group) is 1. The molecule has 0 bridgehead atoms. The van der Waals surface area contributed by atoms with Gasteiger partial charge in [-0.3, -0.25) is 0 Å². The summed E-state index contributed by atoms with van der Waals surface area (Å²) in [5.74, 6) is 1.06. The quantitative estimate of drug-likeness (QED) is 0.901. The van der Waals surface area contributed by atoms with Crippen LogP contribution in [0.25, 0.3) is 0 Å². The van der Waals surface area contributed by atoms with Gasteiger partial charge in [-0.25, -0.2) is 0 Å². The van der Waals surface area contributed by atoms with Gasteiger partial charge in [0, 0.05) is 25.0 Å². The zero-order valence-corrected chi connectivity index (χ0v) is 13.8. The molecule has 1 heterocycles. The maximum absolute atomic E-state index is 5.94. The van der Waals surface area contributed by atoms with Crippen molar-refractivity contribution in [3.63, 3.8) is 0 Å². The number of rotatable bonds is 5. The molecule has 0 amide bonds. The Morgan fingerprint density at radius 3 is 2.62 bits per heavy atom. The van der Waals surface area contributed by atoms with Crippen molar-refractivity contribution in [1.82, 2.24) is 10.2 Å². The van der Waals surface area contributed by atoms with Gasteiger partial charge in [0.25, 0.3) is 0 Å². The Morgan fingerprint density at radius 1 is 1.24 bits per heavy atom. The van der Waals surface area contributed by atoms with Crippen LogP contribution in [-0.4, -0.2) is 36.7 Å². The highest BCUT2D eigenvalue weighted by atomic mass is 16.5. The maximum atomic E-state index is 5.94. The monoisotopic (exact) mass is 288 g/mol. The van der Waals surface area contributed by atoms with Crippen molar-refractivity contribution in [3.05, 3.63) is 29.3 Å². The maximum Gasteiger partial charge on any atom is 0.123 e. The highest BCUT2D eigenvalue weighted by Crippen LogP contribution is 2.36. The van der Waals surface area contributed by atoms with E-state index in [-0.39, 0.29) is 5.60 Å². The van der Waals surface area contributed by atoms with Crippen LogP contribution in [0.5, 0.6) is 5.75 Å². The van der Waals surface area contributed by atoms with Gasteiger partial charge in [-0.05, 0) is 64.4 Å². The first kappa shape index (κ1) is 14.9. The van der Waals surface area contributed by atoms with Crippen molar-refractivity contribution >= 4 is 0 Å². The van der Waals surface area contributed by atoms with Gasteiger partial charge in [0.15, 0.2) is 0 Å². The van der Waals surface area contributed by atoms with Gasteiger partial charge < -0.3 is 15.0 Å². The number of hydrogen-bond acceptors (Lipinski definition) is 3. The molecule has 21 heavy (non-hydrogen) atoms. The van der Waals surface area contributed by atoms with Crippen molar-refractivity contribution in [3.8, 4) is 5.75 Å². The van der Waals surface area contributed by atoms with Gasteiger partial charge in [-0.1, -0.05) is 12.1 Å². The lowest BCUT2D eigenvalue weighted by atomic mass is 9.75. The predicted octanol–water partition coefficient (Wildman–Crippen LogP) is 2.97. The van der Waals surface area contributed by atoms with Crippen molar-refractivity contribution in [2.75, 3.05) is 20.6 Å². The van der Waals surface area contributed by atoms with Gasteiger partial charge in [-0.15, -0.1) is 0 Å². The molecule has 3 heteroatoms. The minimum Gasteiger partial charge on any atom is -0.487 e. The summed E-state index contributed by atoms with van der Waals surface area (Å²) in [5, 5.41) is 3.66. The standard InChI is InChI=1S/C18H28N2O/c1-17(2)11-15-10-14(6-7-16(15)21-17)12-19-13-18(20(3)4)8-5-9-18/h6-7,10,19H,5,8-9,11-13H2,1-4H3. The van der Waals surface area contributed by atoms with Crippen LogP contribution in [0, 0.1) is 0 Å². The van der Waals surface area contributed by atoms with Crippen LogP contribution in [0.4, 0.5) is 0 Å². The second-order valence-electron chi connectivity index (χ2n) is 7.56. The van der Waals surface area contributed by atoms with E-state index in [0.717, 1.165) is 25.3 Å². The Hall–Kier alpha value is -1.06. The van der Waals surface area contributed by atoms with Gasteiger partial charge in [-0.2, -0.15) is 0 Å². The Morgan fingerprint density at radius 2 is 2.00 bits per heavy atom. The molecular weight excluding hydrogens is 260 g/mol. The number of hydrogen-bond donors (Lipinski definition) is 1. The summed E-state index contributed by atoms with van der Waals surface area (Å²) >= 11 is 0. The molecule has 0 radical (unpaired) electrons. The summed E-state index contributed by atoms with van der Waals surface area (Å²) in [6.07, 6.45) is 5.02. The molecule has 0 spiro atoms. The fourth-order valence-corrected chi connectivity index (χ4v) is 3.58. The molecule has 0 atom stereocenters. The van der Waals surface area contributed by atoms with Crippen LogP contribution < -0.4 is 10.1 Å². The zero-order valence-electron chi connectivity index (χ0n) is 13.8. The number of benzene rings is 1. The number of nitrogens with one attached hydrogen (secondary N) is 1. The molecule has 0 unspecified atom stereocenters. The third-order valence-electron chi connectivity index (χ3n) is 5.14. The van der Waals surface area contributed by atoms with Gasteiger partial charge in [0.1, 0.15) is 11.4 Å². The zero-order chi connectivity index (χ0) is 15.1. The third-order valence-corrected chi connectivity index (χ3v) is 5.14. The minimum atomic E-state index is -0.0463. The Bertz CT molecular complexity index is 518. The molecule has 0 aromatic heterocycles. The molecule has 116 valence electrons. The average Bonchev–Trinajstić information content (AvgIpc) is 2.65. The molecule has 1 fully saturated rings. The largest absolute Gasteiger partial charge is 0.487 e. The van der Waals surface area contributed by atoms with E-state index in [0.29, 0.717) is 5.54 Å². The molecule has 1 aromatic rings. The Labute approximate surface area is 128 Å². The SMILES string of the molecule is CN(C)C1(CNCc2ccc3c(c2)CC(C)(C)O3)CCC1. The van der Waals surface area contributed by atoms with E-state index in [9.17, 15) is 0 Å². The van der Waals surface area contributed by atoms with Crippen LogP contribution in [0.1, 0.15) is 44.2 Å². The number of ether oxygens (including phenoxy) is 1. The Kier molecular flexibility index (Phi) is 3.74. The lowest BCUT2D eigenvalue weighted by Crippen LogP contribution is -2.56. The van der Waals surface area contributed by atoms with E-state index in [1.54, 1.807) is 0 Å². The molecule has 1 N–H and O–H groups in total. The third kappa shape index (κ3) is 2.95. The van der Waals surface area contributed by atoms with Crippen LogP contribution in [0.3, 0.4) is 0 Å². The normalized spacial score (nSPS) is 21.8. The minimum absolute atomic E-state index is 0.0463. The highest BCUT2D eigenvalue weighted by Gasteiger charge is 2.38. The fraction of sp³-hybridized carbons (Fsp3) is 0.667. The van der Waals surface area contributed by atoms with Gasteiger partial charge in [0.2, 0.25) is 0 Å². The van der Waals surface area contributed by atoms with E-state index in [4.69, 9.17) is 4.74 Å². The molecule has 2 aliphatic rings. The summed E-state index contributed by atoms with van der Waals surface area (Å²) in [4.78, 5) is 2.39. The van der Waals surface area contributed by atoms with Gasteiger partial charge >= 0.3 is 0 Å². The first-order valence-electron chi connectivity index (χ1n) is 8.09. The van der Waals surface area contributed by atoms with E-state index >= 15 is 0 Å². The summed E-state index contributed by atoms with van der Waals surface area (Å²) in [6.45, 7) is 6.34. The lowest BCUT2D eigenvalue weighted by molar-refractivity contribution is 0.0598. The Balaban J connectivity index is 1.58. The molecule has 3 rings (SSSR count). The number of fused-ring (bicyclic) bond motifs is 1. The second-order valence-corrected chi connectivity index (χ2v) is 7.56. The van der Waals surface area contributed by atoms with Crippen LogP contribution >= 0.6 is 0 Å². The summed E-state index contributed by atoms with van der Waals surface area (Å²) in [6, 6.07) is 6.63. The van der Waals surface area contributed by atoms with E-state index in [2.05, 4.69) is 56.4 Å². The number of nitrogens with zero attached hydrogens (tertiary/aromatic N) is 1. The van der Waals surface area contributed by atoms with Crippen LogP contribution in [0.2, 0.25) is 0 Å². The second kappa shape index (κ2) is 5.29.